The highest BCUT2D eigenvalue weighted by Gasteiger charge is 2.30. The zero-order valence-electron chi connectivity index (χ0n) is 15.3. The van der Waals surface area contributed by atoms with Crippen LogP contribution in [-0.2, 0) is 17.9 Å². The Morgan fingerprint density at radius 2 is 2.04 bits per heavy atom. The van der Waals surface area contributed by atoms with Crippen LogP contribution in [0, 0.1) is 0 Å². The monoisotopic (exact) mass is 370 g/mol. The van der Waals surface area contributed by atoms with Crippen LogP contribution in [0.1, 0.15) is 36.3 Å². The molecule has 0 aromatic carbocycles. The molecule has 0 N–H and O–H groups in total. The van der Waals surface area contributed by atoms with E-state index in [-0.39, 0.29) is 0 Å². The minimum absolute atomic E-state index is 0.369. The summed E-state index contributed by atoms with van der Waals surface area (Å²) in [6, 6.07) is 0. The van der Waals surface area contributed by atoms with Crippen LogP contribution < -0.4 is 4.90 Å². The molecule has 2 fully saturated rings. The lowest BCUT2D eigenvalue weighted by molar-refractivity contribution is 0.174. The van der Waals surface area contributed by atoms with E-state index in [9.17, 15) is 0 Å². The molecule has 2 aliphatic rings. The van der Waals surface area contributed by atoms with Crippen molar-refractivity contribution in [2.75, 3.05) is 38.2 Å². The molecule has 4 heterocycles. The molecule has 1 aliphatic heterocycles. The number of fused-ring (bicyclic) bond motifs is 1. The van der Waals surface area contributed by atoms with Gasteiger partial charge in [0.2, 0.25) is 11.5 Å². The lowest BCUT2D eigenvalue weighted by Crippen LogP contribution is -2.46. The summed E-state index contributed by atoms with van der Waals surface area (Å²) in [5.74, 6) is 3.75. The third-order valence-electron chi connectivity index (χ3n) is 5.09. The Morgan fingerprint density at radius 1 is 1.19 bits per heavy atom. The number of aromatic nitrogens is 6. The third-order valence-corrected chi connectivity index (χ3v) is 5.09. The summed E-state index contributed by atoms with van der Waals surface area (Å²) in [5, 5.41) is 12.7. The van der Waals surface area contributed by atoms with E-state index < -0.39 is 0 Å². The number of methoxy groups -OCH3 is 1. The van der Waals surface area contributed by atoms with Gasteiger partial charge in [-0.2, -0.15) is 4.98 Å². The molecule has 0 bridgehead atoms. The number of anilines is 1. The summed E-state index contributed by atoms with van der Waals surface area (Å²) in [7, 11) is 1.62. The molecular weight excluding hydrogens is 348 g/mol. The van der Waals surface area contributed by atoms with Crippen molar-refractivity contribution in [3.63, 3.8) is 0 Å². The molecule has 10 nitrogen and oxygen atoms in total. The summed E-state index contributed by atoms with van der Waals surface area (Å²) in [5.41, 5.74) is 0.856. The van der Waals surface area contributed by atoms with E-state index in [4.69, 9.17) is 9.26 Å². The minimum atomic E-state index is 0.369. The molecule has 142 valence electrons. The van der Waals surface area contributed by atoms with Crippen molar-refractivity contribution in [3.8, 4) is 0 Å². The molecule has 0 atom stereocenters. The van der Waals surface area contributed by atoms with Gasteiger partial charge in [0.25, 0.3) is 0 Å². The van der Waals surface area contributed by atoms with Crippen LogP contribution in [-0.4, -0.2) is 67.9 Å². The number of hydrogen-bond donors (Lipinski definition) is 0. The Labute approximate surface area is 156 Å². The second-order valence-corrected chi connectivity index (χ2v) is 7.08. The highest BCUT2D eigenvalue weighted by molar-refractivity contribution is 5.64. The lowest BCUT2D eigenvalue weighted by atomic mass is 10.3. The quantitative estimate of drug-likeness (QED) is 0.625. The molecule has 1 aliphatic carbocycles. The maximum absolute atomic E-state index is 5.29. The summed E-state index contributed by atoms with van der Waals surface area (Å²) in [6.45, 7) is 4.56. The van der Waals surface area contributed by atoms with E-state index in [0.717, 1.165) is 43.5 Å². The van der Waals surface area contributed by atoms with Gasteiger partial charge in [0.05, 0.1) is 6.54 Å². The van der Waals surface area contributed by atoms with Crippen LogP contribution in [0.2, 0.25) is 0 Å². The van der Waals surface area contributed by atoms with Crippen LogP contribution in [0.3, 0.4) is 0 Å². The fourth-order valence-corrected chi connectivity index (χ4v) is 3.53. The number of piperazine rings is 1. The van der Waals surface area contributed by atoms with Gasteiger partial charge in [0.1, 0.15) is 12.4 Å². The molecule has 5 rings (SSSR count). The normalized spacial score (nSPS) is 18.5. The van der Waals surface area contributed by atoms with E-state index in [2.05, 4.69) is 39.5 Å². The third kappa shape index (κ3) is 3.26. The summed E-state index contributed by atoms with van der Waals surface area (Å²) in [4.78, 5) is 13.5. The zero-order valence-corrected chi connectivity index (χ0v) is 15.3. The number of nitrogens with zero attached hydrogens (tertiary/aromatic N) is 8. The average Bonchev–Trinajstić information content (AvgIpc) is 3.29. The van der Waals surface area contributed by atoms with Crippen molar-refractivity contribution in [1.29, 1.82) is 0 Å². The molecule has 1 saturated heterocycles. The number of rotatable bonds is 6. The van der Waals surface area contributed by atoms with Gasteiger partial charge < -0.3 is 14.2 Å². The van der Waals surface area contributed by atoms with Gasteiger partial charge in [-0.3, -0.25) is 9.30 Å². The molecule has 0 unspecified atom stereocenters. The maximum atomic E-state index is 5.29. The smallest absolute Gasteiger partial charge is 0.240 e. The van der Waals surface area contributed by atoms with Crippen LogP contribution in [0.5, 0.6) is 0 Å². The van der Waals surface area contributed by atoms with Crippen LogP contribution >= 0.6 is 0 Å². The van der Waals surface area contributed by atoms with E-state index in [0.29, 0.717) is 30.8 Å². The van der Waals surface area contributed by atoms with Gasteiger partial charge in [-0.05, 0) is 12.8 Å². The second-order valence-electron chi connectivity index (χ2n) is 7.08. The van der Waals surface area contributed by atoms with Gasteiger partial charge >= 0.3 is 0 Å². The Bertz CT molecular complexity index is 926. The largest absolute Gasteiger partial charge is 0.377 e. The molecule has 10 heteroatoms. The fourth-order valence-electron chi connectivity index (χ4n) is 3.53. The van der Waals surface area contributed by atoms with Crippen molar-refractivity contribution in [3.05, 3.63) is 29.9 Å². The van der Waals surface area contributed by atoms with E-state index in [1.54, 1.807) is 7.11 Å². The van der Waals surface area contributed by atoms with Gasteiger partial charge in [0.15, 0.2) is 11.6 Å². The van der Waals surface area contributed by atoms with Crippen LogP contribution in [0.25, 0.3) is 5.65 Å². The Balaban J connectivity index is 1.26. The van der Waals surface area contributed by atoms with E-state index in [1.165, 1.54) is 12.8 Å². The topological polar surface area (TPSA) is 97.7 Å². The fraction of sp³-hybridized carbons (Fsp3) is 0.588. The van der Waals surface area contributed by atoms with Crippen LogP contribution in [0.15, 0.2) is 16.9 Å². The standard InChI is InChI=1S/C17H22N8O2/c1-26-11-13-19-14(27-22-13)10-23-6-8-24(9-7-23)16-17-21-20-15(12-2-3-12)25(17)5-4-18-16/h4-5,12H,2-3,6-11H2,1H3. The highest BCUT2D eigenvalue weighted by Crippen LogP contribution is 2.39. The Hall–Kier alpha value is -2.59. The van der Waals surface area contributed by atoms with Crippen molar-refractivity contribution in [2.45, 2.75) is 31.9 Å². The molecule has 3 aromatic heterocycles. The molecule has 1 saturated carbocycles. The number of ether oxygens (including phenoxy) is 1. The van der Waals surface area contributed by atoms with Gasteiger partial charge in [0, 0.05) is 51.6 Å². The van der Waals surface area contributed by atoms with Crippen molar-refractivity contribution in [2.24, 2.45) is 0 Å². The molecule has 3 aromatic rings. The van der Waals surface area contributed by atoms with Crippen LogP contribution in [0.4, 0.5) is 5.82 Å². The second kappa shape index (κ2) is 6.86. The predicted octanol–water partition coefficient (Wildman–Crippen LogP) is 0.853. The van der Waals surface area contributed by atoms with E-state index >= 15 is 0 Å². The first-order valence-electron chi connectivity index (χ1n) is 9.29. The van der Waals surface area contributed by atoms with Crippen molar-refractivity contribution < 1.29 is 9.26 Å². The zero-order chi connectivity index (χ0) is 18.2. The summed E-state index contributed by atoms with van der Waals surface area (Å²) >= 11 is 0. The minimum Gasteiger partial charge on any atom is -0.377 e. The highest BCUT2D eigenvalue weighted by atomic mass is 16.5. The van der Waals surface area contributed by atoms with Gasteiger partial charge in [-0.15, -0.1) is 10.2 Å². The number of hydrogen-bond acceptors (Lipinski definition) is 9. The molecule has 0 amide bonds. The first-order valence-corrected chi connectivity index (χ1v) is 9.29. The molecule has 0 spiro atoms. The first-order chi connectivity index (χ1) is 13.3. The summed E-state index contributed by atoms with van der Waals surface area (Å²) in [6.07, 6.45) is 6.23. The molecular formula is C17H22N8O2. The van der Waals surface area contributed by atoms with E-state index in [1.807, 2.05) is 12.4 Å². The summed E-state index contributed by atoms with van der Waals surface area (Å²) < 4.78 is 12.4. The Morgan fingerprint density at radius 3 is 2.81 bits per heavy atom. The van der Waals surface area contributed by atoms with Gasteiger partial charge in [-0.25, -0.2) is 4.98 Å². The van der Waals surface area contributed by atoms with Crippen molar-refractivity contribution >= 4 is 11.5 Å². The SMILES string of the molecule is COCc1noc(CN2CCN(c3nccn4c(C5CC5)nnc34)CC2)n1. The molecule has 27 heavy (non-hydrogen) atoms. The predicted molar refractivity (Wildman–Crippen MR) is 95.3 cm³/mol. The van der Waals surface area contributed by atoms with Crippen molar-refractivity contribution in [1.82, 2.24) is 34.6 Å². The average molecular weight is 370 g/mol. The molecule has 0 radical (unpaired) electrons. The lowest BCUT2D eigenvalue weighted by Gasteiger charge is -2.34. The van der Waals surface area contributed by atoms with Gasteiger partial charge in [-0.1, -0.05) is 5.16 Å². The first kappa shape index (κ1) is 16.6. The Kier molecular flexibility index (Phi) is 4.21. The maximum Gasteiger partial charge on any atom is 0.240 e.